The number of rotatable bonds is 3. The first-order valence-electron chi connectivity index (χ1n) is 6.70. The van der Waals surface area contributed by atoms with Gasteiger partial charge in [0.15, 0.2) is 0 Å². The first-order chi connectivity index (χ1) is 10.5. The molecule has 6 nitrogen and oxygen atoms in total. The predicted molar refractivity (Wildman–Crippen MR) is 80.3 cm³/mol. The lowest BCUT2D eigenvalue weighted by atomic mass is 10.1. The fourth-order valence-electron chi connectivity index (χ4n) is 2.34. The number of hydrogen-bond donors (Lipinski definition) is 1. The van der Waals surface area contributed by atoms with Crippen molar-refractivity contribution in [3.05, 3.63) is 35.1 Å². The van der Waals surface area contributed by atoms with Crippen molar-refractivity contribution in [3.63, 3.8) is 0 Å². The molecule has 2 heterocycles. The summed E-state index contributed by atoms with van der Waals surface area (Å²) < 4.78 is 13.0. The zero-order chi connectivity index (χ0) is 15.7. The Morgan fingerprint density at radius 3 is 2.77 bits per heavy atom. The Bertz CT molecular complexity index is 716. The number of anilines is 2. The number of nitrogens with one attached hydrogen (secondary N) is 1. The Morgan fingerprint density at radius 1 is 1.36 bits per heavy atom. The van der Waals surface area contributed by atoms with Gasteiger partial charge >= 0.3 is 0 Å². The Morgan fingerprint density at radius 2 is 2.09 bits per heavy atom. The molecule has 1 aromatic heterocycles. The lowest BCUT2D eigenvalue weighted by molar-refractivity contribution is -0.117. The van der Waals surface area contributed by atoms with Crippen LogP contribution < -0.4 is 10.2 Å². The molecule has 1 N–H and O–H groups in total. The molecule has 0 saturated carbocycles. The van der Waals surface area contributed by atoms with Crippen LogP contribution in [0.25, 0.3) is 0 Å². The molecule has 8 heteroatoms. The van der Waals surface area contributed by atoms with Crippen LogP contribution in [0.5, 0.6) is 0 Å². The predicted octanol–water partition coefficient (Wildman–Crippen LogP) is 2.16. The summed E-state index contributed by atoms with van der Waals surface area (Å²) in [5.41, 5.74) is 0.667. The molecule has 1 aromatic carbocycles. The lowest BCUT2D eigenvalue weighted by Crippen LogP contribution is -2.24. The summed E-state index contributed by atoms with van der Waals surface area (Å²) in [6.45, 7) is 1.87. The number of carbonyl (C=O) groups excluding carboxylic acids is 2. The third-order valence-electron chi connectivity index (χ3n) is 3.34. The average molecular weight is 320 g/mol. The summed E-state index contributed by atoms with van der Waals surface area (Å²) in [5.74, 6) is -0.653. The Balaban J connectivity index is 1.75. The Labute approximate surface area is 130 Å². The zero-order valence-corrected chi connectivity index (χ0v) is 12.6. The van der Waals surface area contributed by atoms with Gasteiger partial charge in [-0.05, 0) is 24.3 Å². The maximum atomic E-state index is 13.0. The smallest absolute Gasteiger partial charge is 0.227 e. The second-order valence-electron chi connectivity index (χ2n) is 5.01. The number of benzene rings is 1. The van der Waals surface area contributed by atoms with Crippen LogP contribution in [0.2, 0.25) is 0 Å². The molecule has 114 valence electrons. The van der Waals surface area contributed by atoms with E-state index in [9.17, 15) is 14.0 Å². The third kappa shape index (κ3) is 2.96. The van der Waals surface area contributed by atoms with Gasteiger partial charge in [0.05, 0.1) is 0 Å². The highest BCUT2D eigenvalue weighted by Crippen LogP contribution is 2.34. The maximum absolute atomic E-state index is 13.0. The van der Waals surface area contributed by atoms with Gasteiger partial charge in [-0.1, -0.05) is 11.3 Å². The van der Waals surface area contributed by atoms with Gasteiger partial charge in [-0.25, -0.2) is 4.39 Å². The standard InChI is InChI=1S/C14H13FN4O2S/c1-8(20)16-14-18-17-13(22-14)9-6-12(21)19(7-9)11-4-2-10(15)3-5-11/h2-5,9H,6-7H2,1H3,(H,16,18,20)/t9-/m1/s1. The average Bonchev–Trinajstić information content (AvgIpc) is 3.06. The highest BCUT2D eigenvalue weighted by molar-refractivity contribution is 7.15. The van der Waals surface area contributed by atoms with Crippen molar-refractivity contribution in [1.29, 1.82) is 0 Å². The van der Waals surface area contributed by atoms with Gasteiger partial charge < -0.3 is 10.2 Å². The first kappa shape index (κ1) is 14.6. The zero-order valence-electron chi connectivity index (χ0n) is 11.7. The Kier molecular flexibility index (Phi) is 3.84. The van der Waals surface area contributed by atoms with Crippen LogP contribution in [0.3, 0.4) is 0 Å². The topological polar surface area (TPSA) is 75.2 Å². The van der Waals surface area contributed by atoms with Crippen LogP contribution in [0.1, 0.15) is 24.3 Å². The minimum atomic E-state index is -0.337. The molecule has 0 spiro atoms. The van der Waals surface area contributed by atoms with Crippen molar-refractivity contribution in [1.82, 2.24) is 10.2 Å². The van der Waals surface area contributed by atoms with Crippen LogP contribution >= 0.6 is 11.3 Å². The van der Waals surface area contributed by atoms with E-state index in [1.807, 2.05) is 0 Å². The fraction of sp³-hybridized carbons (Fsp3) is 0.286. The van der Waals surface area contributed by atoms with E-state index in [1.165, 1.54) is 30.4 Å². The molecular formula is C14H13FN4O2S. The van der Waals surface area contributed by atoms with Crippen molar-refractivity contribution in [3.8, 4) is 0 Å². The molecule has 2 aromatic rings. The summed E-state index contributed by atoms with van der Waals surface area (Å²) in [6.07, 6.45) is 0.325. The van der Waals surface area contributed by atoms with Crippen LogP contribution in [0, 0.1) is 5.82 Å². The lowest BCUT2D eigenvalue weighted by Gasteiger charge is -2.16. The minimum absolute atomic E-state index is 0.0344. The van der Waals surface area contributed by atoms with Gasteiger partial charge in [0.2, 0.25) is 16.9 Å². The number of hydrogen-bond acceptors (Lipinski definition) is 5. The molecule has 22 heavy (non-hydrogen) atoms. The second-order valence-corrected chi connectivity index (χ2v) is 6.02. The molecule has 0 radical (unpaired) electrons. The number of carbonyl (C=O) groups is 2. The van der Waals surface area contributed by atoms with Crippen LogP contribution in [-0.4, -0.2) is 28.6 Å². The molecule has 0 aliphatic carbocycles. The van der Waals surface area contributed by atoms with Gasteiger partial charge in [0.25, 0.3) is 0 Å². The molecule has 1 aliphatic heterocycles. The highest BCUT2D eigenvalue weighted by Gasteiger charge is 2.33. The van der Waals surface area contributed by atoms with Crippen molar-refractivity contribution in [2.24, 2.45) is 0 Å². The van der Waals surface area contributed by atoms with E-state index in [2.05, 4.69) is 15.5 Å². The summed E-state index contributed by atoms with van der Waals surface area (Å²) in [4.78, 5) is 24.8. The van der Waals surface area contributed by atoms with Crippen molar-refractivity contribution < 1.29 is 14.0 Å². The fourth-order valence-corrected chi connectivity index (χ4v) is 3.22. The van der Waals surface area contributed by atoms with E-state index < -0.39 is 0 Å². The normalized spacial score (nSPS) is 17.8. The van der Waals surface area contributed by atoms with E-state index in [1.54, 1.807) is 17.0 Å². The minimum Gasteiger partial charge on any atom is -0.312 e. The van der Waals surface area contributed by atoms with E-state index in [4.69, 9.17) is 0 Å². The van der Waals surface area contributed by atoms with Gasteiger partial charge in [-0.2, -0.15) is 0 Å². The van der Waals surface area contributed by atoms with Gasteiger partial charge in [0.1, 0.15) is 10.8 Å². The molecule has 3 rings (SSSR count). The monoisotopic (exact) mass is 320 g/mol. The van der Waals surface area contributed by atoms with Crippen molar-refractivity contribution in [2.45, 2.75) is 19.3 Å². The molecule has 2 amide bonds. The van der Waals surface area contributed by atoms with E-state index >= 15 is 0 Å². The SMILES string of the molecule is CC(=O)Nc1nnc([C@@H]2CC(=O)N(c3ccc(F)cc3)C2)s1. The van der Waals surface area contributed by atoms with Crippen molar-refractivity contribution in [2.75, 3.05) is 16.8 Å². The first-order valence-corrected chi connectivity index (χ1v) is 7.51. The number of nitrogens with zero attached hydrogens (tertiary/aromatic N) is 3. The second kappa shape index (κ2) is 5.80. The van der Waals surface area contributed by atoms with Gasteiger partial charge in [0, 0.05) is 31.5 Å². The molecular weight excluding hydrogens is 307 g/mol. The number of amides is 2. The van der Waals surface area contributed by atoms with E-state index in [-0.39, 0.29) is 23.5 Å². The summed E-state index contributed by atoms with van der Waals surface area (Å²) >= 11 is 1.27. The van der Waals surface area contributed by atoms with E-state index in [0.29, 0.717) is 28.8 Å². The van der Waals surface area contributed by atoms with Crippen molar-refractivity contribution >= 4 is 34.0 Å². The highest BCUT2D eigenvalue weighted by atomic mass is 32.1. The molecule has 1 aliphatic rings. The number of aromatic nitrogens is 2. The molecule has 0 bridgehead atoms. The summed E-state index contributed by atoms with van der Waals surface area (Å²) in [5, 5.41) is 11.6. The van der Waals surface area contributed by atoms with Gasteiger partial charge in [-0.3, -0.25) is 9.59 Å². The van der Waals surface area contributed by atoms with E-state index in [0.717, 1.165) is 0 Å². The number of halogens is 1. The molecule has 1 saturated heterocycles. The van der Waals surface area contributed by atoms with Gasteiger partial charge in [-0.15, -0.1) is 10.2 Å². The van der Waals surface area contributed by atoms with Crippen LogP contribution in [-0.2, 0) is 9.59 Å². The third-order valence-corrected chi connectivity index (χ3v) is 4.34. The van der Waals surface area contributed by atoms with Crippen LogP contribution in [0.15, 0.2) is 24.3 Å². The molecule has 1 atom stereocenters. The summed E-state index contributed by atoms with van der Waals surface area (Å²) in [6, 6.07) is 5.82. The summed E-state index contributed by atoms with van der Waals surface area (Å²) in [7, 11) is 0. The molecule has 0 unspecified atom stereocenters. The largest absolute Gasteiger partial charge is 0.312 e. The maximum Gasteiger partial charge on any atom is 0.227 e. The Hall–Kier alpha value is -2.35. The molecule has 1 fully saturated rings. The quantitative estimate of drug-likeness (QED) is 0.940. The van der Waals surface area contributed by atoms with Crippen LogP contribution in [0.4, 0.5) is 15.2 Å².